The average molecular weight is 445 g/mol. The number of anilines is 1. The van der Waals surface area contributed by atoms with E-state index in [0.717, 1.165) is 24.8 Å². The van der Waals surface area contributed by atoms with Gasteiger partial charge in [-0.2, -0.15) is 0 Å². The number of aryl methyl sites for hydroxylation is 1. The highest BCUT2D eigenvalue weighted by Gasteiger charge is 2.31. The van der Waals surface area contributed by atoms with Gasteiger partial charge in [0.25, 0.3) is 5.91 Å². The van der Waals surface area contributed by atoms with Crippen LogP contribution in [0.25, 0.3) is 0 Å². The Morgan fingerprint density at radius 3 is 2.61 bits per heavy atom. The predicted molar refractivity (Wildman–Crippen MR) is 126 cm³/mol. The lowest BCUT2D eigenvalue weighted by Crippen LogP contribution is -2.40. The summed E-state index contributed by atoms with van der Waals surface area (Å²) in [6, 6.07) is 16.6. The van der Waals surface area contributed by atoms with E-state index in [9.17, 15) is 9.59 Å². The molecule has 170 valence electrons. The van der Waals surface area contributed by atoms with E-state index in [2.05, 4.69) is 15.3 Å². The Labute approximate surface area is 193 Å². The maximum Gasteiger partial charge on any atom is 0.259 e. The molecule has 2 aromatic carbocycles. The molecule has 1 N–H and O–H groups in total. The van der Waals surface area contributed by atoms with Gasteiger partial charge < -0.3 is 15.0 Å². The van der Waals surface area contributed by atoms with Crippen LogP contribution in [0.15, 0.2) is 60.8 Å². The molecular formula is C26H28N4O3. The molecule has 0 saturated carbocycles. The second-order valence-corrected chi connectivity index (χ2v) is 8.13. The largest absolute Gasteiger partial charge is 0.496 e. The van der Waals surface area contributed by atoms with E-state index < -0.39 is 0 Å². The highest BCUT2D eigenvalue weighted by molar-refractivity contribution is 6.04. The Morgan fingerprint density at radius 1 is 1.09 bits per heavy atom. The molecule has 0 unspecified atom stereocenters. The third-order valence-corrected chi connectivity index (χ3v) is 5.93. The number of amides is 2. The zero-order valence-electron chi connectivity index (χ0n) is 19.0. The van der Waals surface area contributed by atoms with Gasteiger partial charge in [0.2, 0.25) is 5.91 Å². The zero-order valence-corrected chi connectivity index (χ0v) is 19.0. The first kappa shape index (κ1) is 22.5. The molecular weight excluding hydrogens is 416 g/mol. The fraction of sp³-hybridized carbons (Fsp3) is 0.308. The van der Waals surface area contributed by atoms with Gasteiger partial charge in [0.05, 0.1) is 30.8 Å². The van der Waals surface area contributed by atoms with Crippen LogP contribution < -0.4 is 10.1 Å². The Morgan fingerprint density at radius 2 is 1.85 bits per heavy atom. The molecule has 1 fully saturated rings. The normalized spacial score (nSPS) is 15.7. The van der Waals surface area contributed by atoms with Crippen LogP contribution in [0.1, 0.15) is 52.7 Å². The molecule has 1 aromatic heterocycles. The van der Waals surface area contributed by atoms with Crippen molar-refractivity contribution < 1.29 is 14.3 Å². The number of piperidine rings is 1. The lowest BCUT2D eigenvalue weighted by Gasteiger charge is -2.35. The fourth-order valence-corrected chi connectivity index (χ4v) is 4.20. The van der Waals surface area contributed by atoms with E-state index in [1.165, 1.54) is 0 Å². The molecule has 0 aliphatic carbocycles. The van der Waals surface area contributed by atoms with Crippen LogP contribution in [0, 0.1) is 6.92 Å². The molecule has 2 amide bonds. The highest BCUT2D eigenvalue weighted by atomic mass is 16.5. The topological polar surface area (TPSA) is 84.4 Å². The number of ether oxygens (including phenoxy) is 1. The van der Waals surface area contributed by atoms with Crippen LogP contribution >= 0.6 is 0 Å². The van der Waals surface area contributed by atoms with Gasteiger partial charge in [0, 0.05) is 24.0 Å². The number of nitrogens with zero attached hydrogens (tertiary/aromatic N) is 3. The van der Waals surface area contributed by atoms with E-state index in [1.54, 1.807) is 20.2 Å². The van der Waals surface area contributed by atoms with Crippen LogP contribution in [0.2, 0.25) is 0 Å². The molecule has 2 heterocycles. The molecule has 7 nitrogen and oxygen atoms in total. The molecule has 0 spiro atoms. The van der Waals surface area contributed by atoms with Crippen molar-refractivity contribution in [3.8, 4) is 5.75 Å². The Balaban J connectivity index is 1.52. The molecule has 1 aliphatic heterocycles. The lowest BCUT2D eigenvalue weighted by atomic mass is 9.99. The minimum atomic E-state index is -0.252. The Bertz CT molecular complexity index is 1130. The second-order valence-electron chi connectivity index (χ2n) is 8.13. The van der Waals surface area contributed by atoms with Crippen molar-refractivity contribution in [2.75, 3.05) is 19.0 Å². The smallest absolute Gasteiger partial charge is 0.259 e. The summed E-state index contributed by atoms with van der Waals surface area (Å²) in [5, 5.41) is 2.87. The van der Waals surface area contributed by atoms with Crippen molar-refractivity contribution in [2.24, 2.45) is 0 Å². The maximum absolute atomic E-state index is 13.2. The summed E-state index contributed by atoms with van der Waals surface area (Å²) in [6.07, 6.45) is 4.57. The summed E-state index contributed by atoms with van der Waals surface area (Å²) in [6.45, 7) is 2.46. The zero-order chi connectivity index (χ0) is 23.2. The summed E-state index contributed by atoms with van der Waals surface area (Å²) < 4.78 is 5.41. The van der Waals surface area contributed by atoms with Crippen molar-refractivity contribution in [1.82, 2.24) is 14.9 Å². The third kappa shape index (κ3) is 5.19. The number of benzene rings is 2. The van der Waals surface area contributed by atoms with E-state index in [1.807, 2.05) is 59.5 Å². The quantitative estimate of drug-likeness (QED) is 0.611. The van der Waals surface area contributed by atoms with Crippen molar-refractivity contribution in [2.45, 2.75) is 38.6 Å². The predicted octanol–water partition coefficient (Wildman–Crippen LogP) is 4.34. The van der Waals surface area contributed by atoms with Gasteiger partial charge in [-0.15, -0.1) is 0 Å². The van der Waals surface area contributed by atoms with Crippen molar-refractivity contribution in [3.63, 3.8) is 0 Å². The van der Waals surface area contributed by atoms with E-state index in [-0.39, 0.29) is 24.3 Å². The highest BCUT2D eigenvalue weighted by Crippen LogP contribution is 2.30. The minimum Gasteiger partial charge on any atom is -0.496 e. The van der Waals surface area contributed by atoms with Crippen LogP contribution in [0.3, 0.4) is 0 Å². The lowest BCUT2D eigenvalue weighted by molar-refractivity contribution is -0.134. The molecule has 4 rings (SSSR count). The van der Waals surface area contributed by atoms with Crippen molar-refractivity contribution >= 4 is 17.5 Å². The number of rotatable bonds is 6. The van der Waals surface area contributed by atoms with Gasteiger partial charge in [-0.1, -0.05) is 36.4 Å². The van der Waals surface area contributed by atoms with Crippen LogP contribution in [-0.2, 0) is 11.2 Å². The number of nitrogens with one attached hydrogen (secondary N) is 1. The van der Waals surface area contributed by atoms with E-state index in [0.29, 0.717) is 35.1 Å². The van der Waals surface area contributed by atoms with Crippen LogP contribution in [-0.4, -0.2) is 40.3 Å². The summed E-state index contributed by atoms with van der Waals surface area (Å²) in [4.78, 5) is 36.9. The first-order chi connectivity index (χ1) is 16.1. The maximum atomic E-state index is 13.2. The third-order valence-electron chi connectivity index (χ3n) is 5.93. The van der Waals surface area contributed by atoms with E-state index in [4.69, 9.17) is 4.74 Å². The average Bonchev–Trinajstić information content (AvgIpc) is 2.85. The van der Waals surface area contributed by atoms with Gasteiger partial charge >= 0.3 is 0 Å². The molecule has 0 bridgehead atoms. The number of carbonyl (C=O) groups is 2. The molecule has 7 heteroatoms. The van der Waals surface area contributed by atoms with E-state index >= 15 is 0 Å². The van der Waals surface area contributed by atoms with Gasteiger partial charge in [-0.25, -0.2) is 9.97 Å². The number of carbonyl (C=O) groups excluding carboxylic acids is 2. The SMILES string of the molecule is COc1ccccc1CC(=O)N1CCCC[C@H]1c1ncc(C(=O)Nc2ccccc2)c(C)n1. The molecule has 33 heavy (non-hydrogen) atoms. The van der Waals surface area contributed by atoms with Gasteiger partial charge in [-0.05, 0) is 44.4 Å². The monoisotopic (exact) mass is 444 g/mol. The molecule has 1 saturated heterocycles. The molecule has 3 aromatic rings. The number of likely N-dealkylation sites (tertiary alicyclic amines) is 1. The standard InChI is InChI=1S/C26H28N4O3/c1-18-21(26(32)29-20-11-4-3-5-12-20)17-27-25(28-18)22-13-8-9-15-30(22)24(31)16-19-10-6-7-14-23(19)33-2/h3-7,10-12,14,17,22H,8-9,13,15-16H2,1-2H3,(H,29,32)/t22-/m0/s1. The molecule has 0 radical (unpaired) electrons. The number of aromatic nitrogens is 2. The summed E-state index contributed by atoms with van der Waals surface area (Å²) in [7, 11) is 1.61. The Kier molecular flexibility index (Phi) is 6.98. The number of methoxy groups -OCH3 is 1. The number of hydrogen-bond donors (Lipinski definition) is 1. The van der Waals surface area contributed by atoms with Gasteiger partial charge in [0.1, 0.15) is 5.75 Å². The van der Waals surface area contributed by atoms with Crippen LogP contribution in [0.5, 0.6) is 5.75 Å². The fourth-order valence-electron chi connectivity index (χ4n) is 4.20. The number of hydrogen-bond acceptors (Lipinski definition) is 5. The number of para-hydroxylation sites is 2. The first-order valence-electron chi connectivity index (χ1n) is 11.2. The van der Waals surface area contributed by atoms with Crippen molar-refractivity contribution in [3.05, 3.63) is 83.4 Å². The Hall–Kier alpha value is -3.74. The molecule has 1 atom stereocenters. The van der Waals surface area contributed by atoms with Gasteiger partial charge in [-0.3, -0.25) is 9.59 Å². The summed E-state index contributed by atoms with van der Waals surface area (Å²) >= 11 is 0. The summed E-state index contributed by atoms with van der Waals surface area (Å²) in [5.74, 6) is 1.06. The van der Waals surface area contributed by atoms with Crippen molar-refractivity contribution in [1.29, 1.82) is 0 Å². The molecule has 1 aliphatic rings. The second kappa shape index (κ2) is 10.3. The van der Waals surface area contributed by atoms with Crippen LogP contribution in [0.4, 0.5) is 5.69 Å². The summed E-state index contributed by atoms with van der Waals surface area (Å²) in [5.41, 5.74) is 2.59. The minimum absolute atomic E-state index is 0.0244. The van der Waals surface area contributed by atoms with Gasteiger partial charge in [0.15, 0.2) is 5.82 Å². The first-order valence-corrected chi connectivity index (χ1v) is 11.2.